The van der Waals surface area contributed by atoms with Crippen LogP contribution in [0.5, 0.6) is 0 Å². The highest BCUT2D eigenvalue weighted by Gasteiger charge is 2.39. The van der Waals surface area contributed by atoms with Gasteiger partial charge < -0.3 is 10.2 Å². The molecule has 0 aromatic heterocycles. The average Bonchev–Trinajstić information content (AvgIpc) is 2.68. The highest BCUT2D eigenvalue weighted by molar-refractivity contribution is 5.74. The van der Waals surface area contributed by atoms with E-state index in [0.717, 1.165) is 12.2 Å². The van der Waals surface area contributed by atoms with E-state index in [1.165, 1.54) is 49.3 Å². The minimum Gasteiger partial charge on any atom is -0.364 e. The van der Waals surface area contributed by atoms with Crippen molar-refractivity contribution in [3.8, 4) is 0 Å². The van der Waals surface area contributed by atoms with Crippen LogP contribution in [0, 0.1) is 0 Å². The number of allylic oxidation sites excluding steroid dienone is 2. The van der Waals surface area contributed by atoms with Crippen molar-refractivity contribution in [2.24, 2.45) is 4.99 Å². The third-order valence-electron chi connectivity index (χ3n) is 5.54. The van der Waals surface area contributed by atoms with Crippen LogP contribution in [0.2, 0.25) is 0 Å². The van der Waals surface area contributed by atoms with E-state index in [1.807, 2.05) is 12.3 Å². The first kappa shape index (κ1) is 17.0. The van der Waals surface area contributed by atoms with Gasteiger partial charge in [-0.15, -0.1) is 0 Å². The summed E-state index contributed by atoms with van der Waals surface area (Å²) in [5.41, 5.74) is 2.73. The molecule has 3 aliphatic heterocycles. The first-order valence-electron chi connectivity index (χ1n) is 9.84. The zero-order valence-corrected chi connectivity index (χ0v) is 15.8. The monoisotopic (exact) mass is 348 g/mol. The molecule has 4 heteroatoms. The minimum absolute atomic E-state index is 0.197. The first-order chi connectivity index (χ1) is 12.8. The molecule has 0 bridgehead atoms. The van der Waals surface area contributed by atoms with Crippen LogP contribution in [-0.4, -0.2) is 16.7 Å². The second-order valence-corrected chi connectivity index (χ2v) is 7.38. The Morgan fingerprint density at radius 3 is 2.58 bits per heavy atom. The van der Waals surface area contributed by atoms with Gasteiger partial charge in [-0.2, -0.15) is 0 Å². The summed E-state index contributed by atoms with van der Waals surface area (Å²) in [6.45, 7) is 4.58. The summed E-state index contributed by atoms with van der Waals surface area (Å²) in [7, 11) is 0. The van der Waals surface area contributed by atoms with E-state index in [4.69, 9.17) is 0 Å². The maximum absolute atomic E-state index is 4.62. The smallest absolute Gasteiger partial charge is 0.155 e. The Bertz CT molecular complexity index is 767. The van der Waals surface area contributed by atoms with E-state index >= 15 is 0 Å². The maximum atomic E-state index is 4.62. The highest BCUT2D eigenvalue weighted by Crippen LogP contribution is 2.41. The lowest BCUT2D eigenvalue weighted by atomic mass is 9.81. The highest BCUT2D eigenvalue weighted by atomic mass is 15.4. The number of benzene rings is 1. The van der Waals surface area contributed by atoms with Gasteiger partial charge in [-0.25, -0.2) is 4.99 Å². The van der Waals surface area contributed by atoms with Crippen LogP contribution in [0.3, 0.4) is 0 Å². The normalized spacial score (nSPS) is 20.5. The quantitative estimate of drug-likeness (QED) is 0.803. The Labute approximate surface area is 156 Å². The molecule has 0 radical (unpaired) electrons. The molecule has 26 heavy (non-hydrogen) atoms. The molecule has 0 saturated carbocycles. The van der Waals surface area contributed by atoms with Crippen LogP contribution in [0.1, 0.15) is 52.4 Å². The van der Waals surface area contributed by atoms with Gasteiger partial charge in [-0.1, -0.05) is 44.9 Å². The summed E-state index contributed by atoms with van der Waals surface area (Å²) in [5, 5.41) is 3.97. The molecule has 1 aromatic rings. The van der Waals surface area contributed by atoms with Crippen LogP contribution < -0.4 is 10.2 Å². The Hall–Kier alpha value is -2.49. The molecule has 3 heterocycles. The van der Waals surface area contributed by atoms with E-state index in [9.17, 15) is 0 Å². The number of hydrogen-bond acceptors (Lipinski definition) is 4. The van der Waals surface area contributed by atoms with Gasteiger partial charge in [0.2, 0.25) is 0 Å². The Morgan fingerprint density at radius 1 is 1.08 bits per heavy atom. The average molecular weight is 348 g/mol. The van der Waals surface area contributed by atoms with Crippen molar-refractivity contribution in [3.63, 3.8) is 0 Å². The third-order valence-corrected chi connectivity index (χ3v) is 5.54. The van der Waals surface area contributed by atoms with Crippen LogP contribution in [0.25, 0.3) is 0 Å². The van der Waals surface area contributed by atoms with Gasteiger partial charge in [0, 0.05) is 23.6 Å². The summed E-state index contributed by atoms with van der Waals surface area (Å²) in [4.78, 5) is 9.15. The van der Waals surface area contributed by atoms with E-state index in [2.05, 4.69) is 76.7 Å². The Balaban J connectivity index is 1.76. The lowest BCUT2D eigenvalue weighted by molar-refractivity contribution is 0.233. The predicted octanol–water partition coefficient (Wildman–Crippen LogP) is 5.10. The molecule has 4 rings (SSSR count). The van der Waals surface area contributed by atoms with Crippen molar-refractivity contribution in [2.75, 3.05) is 4.90 Å². The van der Waals surface area contributed by atoms with Crippen LogP contribution >= 0.6 is 0 Å². The first-order valence-corrected chi connectivity index (χ1v) is 9.84. The predicted molar refractivity (Wildman–Crippen MR) is 108 cm³/mol. The molecule has 1 N–H and O–H groups in total. The van der Waals surface area contributed by atoms with Crippen molar-refractivity contribution >= 4 is 11.9 Å². The standard InChI is InChI=1S/C22H28N4/c1-3-12-22(13-4-2)14-11-19-21(24-22)25-16-8-15-23-20(25)17-26(19)18-9-6-5-7-10-18/h5-10,15-17,24H,3-4,11-14H2,1-2H3. The van der Waals surface area contributed by atoms with Crippen molar-refractivity contribution in [1.82, 2.24) is 10.2 Å². The Kier molecular flexibility index (Phi) is 4.58. The van der Waals surface area contributed by atoms with E-state index in [-0.39, 0.29) is 5.54 Å². The lowest BCUT2D eigenvalue weighted by Crippen LogP contribution is -2.53. The fraction of sp³-hybridized carbons (Fsp3) is 0.409. The van der Waals surface area contributed by atoms with Gasteiger partial charge in [0.05, 0.1) is 11.9 Å². The minimum atomic E-state index is 0.197. The number of nitrogens with one attached hydrogen (secondary N) is 1. The van der Waals surface area contributed by atoms with E-state index in [0.29, 0.717) is 0 Å². The van der Waals surface area contributed by atoms with Crippen molar-refractivity contribution < 1.29 is 0 Å². The second-order valence-electron chi connectivity index (χ2n) is 7.38. The fourth-order valence-electron chi connectivity index (χ4n) is 4.43. The maximum Gasteiger partial charge on any atom is 0.155 e. The molecule has 136 valence electrons. The largest absolute Gasteiger partial charge is 0.364 e. The molecule has 0 fully saturated rings. The summed E-state index contributed by atoms with van der Waals surface area (Å²) < 4.78 is 0. The van der Waals surface area contributed by atoms with Gasteiger partial charge in [-0.05, 0) is 43.9 Å². The molecule has 3 aliphatic rings. The molecule has 0 spiro atoms. The summed E-state index contributed by atoms with van der Waals surface area (Å²) >= 11 is 0. The Morgan fingerprint density at radius 2 is 1.85 bits per heavy atom. The second kappa shape index (κ2) is 7.02. The van der Waals surface area contributed by atoms with Crippen molar-refractivity contribution in [3.05, 3.63) is 66.1 Å². The topological polar surface area (TPSA) is 30.9 Å². The lowest BCUT2D eigenvalue weighted by Gasteiger charge is -2.47. The van der Waals surface area contributed by atoms with Gasteiger partial charge >= 0.3 is 0 Å². The number of fused-ring (bicyclic) bond motifs is 2. The van der Waals surface area contributed by atoms with E-state index < -0.39 is 0 Å². The van der Waals surface area contributed by atoms with Crippen LogP contribution in [-0.2, 0) is 0 Å². The fourth-order valence-corrected chi connectivity index (χ4v) is 4.43. The molecule has 0 unspecified atom stereocenters. The van der Waals surface area contributed by atoms with Crippen LogP contribution in [0.4, 0.5) is 5.69 Å². The third kappa shape index (κ3) is 2.94. The summed E-state index contributed by atoms with van der Waals surface area (Å²) in [5.74, 6) is 2.17. The van der Waals surface area contributed by atoms with Crippen molar-refractivity contribution in [2.45, 2.75) is 57.9 Å². The molecule has 0 amide bonds. The van der Waals surface area contributed by atoms with Gasteiger partial charge in [-0.3, -0.25) is 4.90 Å². The SMILES string of the molecule is CCCC1(CCC)CCC2=C(N1)N1C=CC=NC1=CN2c1ccccc1. The van der Waals surface area contributed by atoms with Gasteiger partial charge in [0.25, 0.3) is 0 Å². The zero-order valence-electron chi connectivity index (χ0n) is 15.8. The number of hydrogen-bond donors (Lipinski definition) is 1. The summed E-state index contributed by atoms with van der Waals surface area (Å²) in [6, 6.07) is 10.6. The van der Waals surface area contributed by atoms with Gasteiger partial charge in [0.1, 0.15) is 5.82 Å². The summed E-state index contributed by atoms with van der Waals surface area (Å²) in [6.07, 6.45) is 15.2. The molecule has 1 aromatic carbocycles. The van der Waals surface area contributed by atoms with Crippen molar-refractivity contribution in [1.29, 1.82) is 0 Å². The number of anilines is 1. The van der Waals surface area contributed by atoms with Crippen LogP contribution in [0.15, 0.2) is 71.1 Å². The molecule has 4 nitrogen and oxygen atoms in total. The van der Waals surface area contributed by atoms with Gasteiger partial charge in [0.15, 0.2) is 5.82 Å². The number of nitrogens with zero attached hydrogens (tertiary/aromatic N) is 3. The molecular formula is C22H28N4. The molecule has 0 saturated heterocycles. The van der Waals surface area contributed by atoms with E-state index in [1.54, 1.807) is 0 Å². The molecule has 0 atom stereocenters. The zero-order chi connectivity index (χ0) is 18.0. The number of aliphatic imine (C=N–C) groups is 1. The molecule has 0 aliphatic carbocycles. The number of para-hydroxylation sites is 1. The molecular weight excluding hydrogens is 320 g/mol. The number of rotatable bonds is 5.